The highest BCUT2D eigenvalue weighted by molar-refractivity contribution is 5.68. The SMILES string of the molecule is CCCCCC(C)(CC(=O)O)N1CCCCC1. The van der Waals surface area contributed by atoms with E-state index in [1.807, 2.05) is 0 Å². The molecule has 3 nitrogen and oxygen atoms in total. The van der Waals surface area contributed by atoms with Crippen molar-refractivity contribution < 1.29 is 9.90 Å². The standard InChI is InChI=1S/C14H27NO2/c1-3-4-6-9-14(2,12-13(16)17)15-10-7-5-8-11-15/h3-12H2,1-2H3,(H,16,17). The smallest absolute Gasteiger partial charge is 0.305 e. The maximum absolute atomic E-state index is 11.1. The molecule has 0 amide bonds. The Bertz CT molecular complexity index is 236. The van der Waals surface area contributed by atoms with E-state index in [1.165, 1.54) is 32.1 Å². The normalized spacial score (nSPS) is 21.1. The summed E-state index contributed by atoms with van der Waals surface area (Å²) in [4.78, 5) is 13.5. The van der Waals surface area contributed by atoms with Gasteiger partial charge in [-0.3, -0.25) is 9.69 Å². The fourth-order valence-corrected chi connectivity index (χ4v) is 2.87. The molecule has 0 spiro atoms. The number of hydrogen-bond acceptors (Lipinski definition) is 2. The number of nitrogens with zero attached hydrogens (tertiary/aromatic N) is 1. The van der Waals surface area contributed by atoms with E-state index in [2.05, 4.69) is 18.7 Å². The van der Waals surface area contributed by atoms with Crippen LogP contribution in [0.3, 0.4) is 0 Å². The van der Waals surface area contributed by atoms with Crippen molar-refractivity contribution in [2.24, 2.45) is 0 Å². The number of likely N-dealkylation sites (tertiary alicyclic amines) is 1. The van der Waals surface area contributed by atoms with Crippen molar-refractivity contribution in [3.05, 3.63) is 0 Å². The molecule has 1 N–H and O–H groups in total. The molecular weight excluding hydrogens is 214 g/mol. The van der Waals surface area contributed by atoms with Crippen LogP contribution >= 0.6 is 0 Å². The van der Waals surface area contributed by atoms with E-state index in [0.29, 0.717) is 0 Å². The Morgan fingerprint density at radius 2 is 1.88 bits per heavy atom. The van der Waals surface area contributed by atoms with E-state index in [0.717, 1.165) is 25.9 Å². The van der Waals surface area contributed by atoms with Gasteiger partial charge in [-0.1, -0.05) is 32.6 Å². The molecule has 0 aromatic heterocycles. The van der Waals surface area contributed by atoms with Crippen molar-refractivity contribution in [1.29, 1.82) is 0 Å². The number of carboxylic acids is 1. The highest BCUT2D eigenvalue weighted by Gasteiger charge is 2.34. The Labute approximate surface area is 105 Å². The van der Waals surface area contributed by atoms with Crippen LogP contribution in [0.15, 0.2) is 0 Å². The zero-order valence-electron chi connectivity index (χ0n) is 11.4. The molecule has 1 heterocycles. The highest BCUT2D eigenvalue weighted by Crippen LogP contribution is 2.29. The molecule has 0 aromatic carbocycles. The Balaban J connectivity index is 2.58. The maximum Gasteiger partial charge on any atom is 0.305 e. The van der Waals surface area contributed by atoms with Gasteiger partial charge in [0.1, 0.15) is 0 Å². The fraction of sp³-hybridized carbons (Fsp3) is 0.929. The summed E-state index contributed by atoms with van der Waals surface area (Å²) in [5.74, 6) is -0.658. The van der Waals surface area contributed by atoms with Gasteiger partial charge in [0.15, 0.2) is 0 Å². The van der Waals surface area contributed by atoms with Crippen LogP contribution in [0.4, 0.5) is 0 Å². The predicted octanol–water partition coefficient (Wildman–Crippen LogP) is 3.29. The molecule has 1 atom stereocenters. The second-order valence-electron chi connectivity index (χ2n) is 5.57. The zero-order chi connectivity index (χ0) is 12.7. The number of hydrogen-bond donors (Lipinski definition) is 1. The Morgan fingerprint density at radius 1 is 1.24 bits per heavy atom. The molecule has 3 heteroatoms. The lowest BCUT2D eigenvalue weighted by atomic mass is 9.87. The predicted molar refractivity (Wildman–Crippen MR) is 70.2 cm³/mol. The number of rotatable bonds is 7. The first-order valence-corrected chi connectivity index (χ1v) is 7.05. The van der Waals surface area contributed by atoms with E-state index >= 15 is 0 Å². The van der Waals surface area contributed by atoms with Crippen molar-refractivity contribution in [3.8, 4) is 0 Å². The summed E-state index contributed by atoms with van der Waals surface area (Å²) >= 11 is 0. The monoisotopic (exact) mass is 241 g/mol. The van der Waals surface area contributed by atoms with Gasteiger partial charge < -0.3 is 5.11 Å². The number of aliphatic carboxylic acids is 1. The average Bonchev–Trinajstić information content (AvgIpc) is 2.29. The number of unbranched alkanes of at least 4 members (excludes halogenated alkanes) is 2. The van der Waals surface area contributed by atoms with Gasteiger partial charge in [-0.2, -0.15) is 0 Å². The van der Waals surface area contributed by atoms with Crippen LogP contribution in [0, 0.1) is 0 Å². The number of carbonyl (C=O) groups is 1. The van der Waals surface area contributed by atoms with Crippen molar-refractivity contribution in [2.45, 2.75) is 70.8 Å². The molecule has 17 heavy (non-hydrogen) atoms. The molecule has 0 radical (unpaired) electrons. The zero-order valence-corrected chi connectivity index (χ0v) is 11.4. The molecule has 1 fully saturated rings. The number of carboxylic acid groups (broad SMARTS) is 1. The van der Waals surface area contributed by atoms with Gasteiger partial charge in [0.05, 0.1) is 6.42 Å². The second kappa shape index (κ2) is 7.00. The van der Waals surface area contributed by atoms with Crippen molar-refractivity contribution >= 4 is 5.97 Å². The topological polar surface area (TPSA) is 40.5 Å². The molecule has 0 aromatic rings. The first kappa shape index (κ1) is 14.5. The van der Waals surface area contributed by atoms with Gasteiger partial charge in [0, 0.05) is 5.54 Å². The van der Waals surface area contributed by atoms with Crippen LogP contribution in [0.2, 0.25) is 0 Å². The van der Waals surface area contributed by atoms with Gasteiger partial charge in [-0.05, 0) is 39.3 Å². The minimum Gasteiger partial charge on any atom is -0.481 e. The third kappa shape index (κ3) is 4.66. The summed E-state index contributed by atoms with van der Waals surface area (Å²) in [6.45, 7) is 6.49. The molecule has 1 aliphatic heterocycles. The summed E-state index contributed by atoms with van der Waals surface area (Å²) in [6, 6.07) is 0. The fourth-order valence-electron chi connectivity index (χ4n) is 2.87. The molecular formula is C14H27NO2. The minimum absolute atomic E-state index is 0.124. The summed E-state index contributed by atoms with van der Waals surface area (Å²) in [5.41, 5.74) is -0.124. The van der Waals surface area contributed by atoms with Gasteiger partial charge in [0.2, 0.25) is 0 Å². The summed E-state index contributed by atoms with van der Waals surface area (Å²) in [6.07, 6.45) is 8.62. The molecule has 1 aliphatic rings. The largest absolute Gasteiger partial charge is 0.481 e. The van der Waals surface area contributed by atoms with Crippen LogP contribution < -0.4 is 0 Å². The Kier molecular flexibility index (Phi) is 5.96. The lowest BCUT2D eigenvalue weighted by molar-refractivity contribution is -0.140. The van der Waals surface area contributed by atoms with E-state index < -0.39 is 5.97 Å². The third-order valence-electron chi connectivity index (χ3n) is 3.97. The molecule has 1 saturated heterocycles. The van der Waals surface area contributed by atoms with Crippen molar-refractivity contribution in [1.82, 2.24) is 4.90 Å². The van der Waals surface area contributed by atoms with Gasteiger partial charge in [-0.25, -0.2) is 0 Å². The summed E-state index contributed by atoms with van der Waals surface area (Å²) in [5, 5.41) is 9.11. The second-order valence-corrected chi connectivity index (χ2v) is 5.57. The minimum atomic E-state index is -0.658. The van der Waals surface area contributed by atoms with Crippen LogP contribution in [-0.4, -0.2) is 34.6 Å². The molecule has 1 rings (SSSR count). The molecule has 0 aliphatic carbocycles. The highest BCUT2D eigenvalue weighted by atomic mass is 16.4. The average molecular weight is 241 g/mol. The van der Waals surface area contributed by atoms with E-state index in [4.69, 9.17) is 5.11 Å². The molecule has 1 unspecified atom stereocenters. The van der Waals surface area contributed by atoms with Crippen molar-refractivity contribution in [2.75, 3.05) is 13.1 Å². The van der Waals surface area contributed by atoms with E-state index in [-0.39, 0.29) is 12.0 Å². The van der Waals surface area contributed by atoms with Crippen molar-refractivity contribution in [3.63, 3.8) is 0 Å². The molecule has 0 bridgehead atoms. The van der Waals surface area contributed by atoms with E-state index in [9.17, 15) is 4.79 Å². The lowest BCUT2D eigenvalue weighted by Gasteiger charge is -2.43. The first-order valence-electron chi connectivity index (χ1n) is 7.05. The van der Waals surface area contributed by atoms with Gasteiger partial charge in [-0.15, -0.1) is 0 Å². The Morgan fingerprint density at radius 3 is 2.41 bits per heavy atom. The first-order chi connectivity index (χ1) is 8.08. The van der Waals surface area contributed by atoms with E-state index in [1.54, 1.807) is 0 Å². The number of piperidine rings is 1. The van der Waals surface area contributed by atoms with Crippen LogP contribution in [0.25, 0.3) is 0 Å². The molecule has 100 valence electrons. The lowest BCUT2D eigenvalue weighted by Crippen LogP contribution is -2.50. The van der Waals surface area contributed by atoms with Crippen LogP contribution in [-0.2, 0) is 4.79 Å². The third-order valence-corrected chi connectivity index (χ3v) is 3.97. The quantitative estimate of drug-likeness (QED) is 0.695. The Hall–Kier alpha value is -0.570. The van der Waals surface area contributed by atoms with Gasteiger partial charge >= 0.3 is 5.97 Å². The summed E-state index contributed by atoms with van der Waals surface area (Å²) in [7, 11) is 0. The maximum atomic E-state index is 11.1. The molecule has 0 saturated carbocycles. The van der Waals surface area contributed by atoms with Gasteiger partial charge in [0.25, 0.3) is 0 Å². The summed E-state index contributed by atoms with van der Waals surface area (Å²) < 4.78 is 0. The van der Waals surface area contributed by atoms with Crippen LogP contribution in [0.1, 0.15) is 65.2 Å². The van der Waals surface area contributed by atoms with Crippen LogP contribution in [0.5, 0.6) is 0 Å².